The first-order chi connectivity index (χ1) is 13.2. The molecule has 1 saturated heterocycles. The molecule has 28 heavy (non-hydrogen) atoms. The van der Waals surface area contributed by atoms with Crippen molar-refractivity contribution in [2.45, 2.75) is 58.8 Å². The van der Waals surface area contributed by atoms with Crippen molar-refractivity contribution in [3.63, 3.8) is 0 Å². The Morgan fingerprint density at radius 1 is 1.21 bits per heavy atom. The van der Waals surface area contributed by atoms with Crippen molar-refractivity contribution in [1.82, 2.24) is 10.2 Å². The fraction of sp³-hybridized carbons (Fsp3) is 0.571. The van der Waals surface area contributed by atoms with Crippen LogP contribution < -0.4 is 5.32 Å². The average Bonchev–Trinajstić information content (AvgIpc) is 2.63. The van der Waals surface area contributed by atoms with Crippen LogP contribution >= 0.6 is 0 Å². The van der Waals surface area contributed by atoms with Gasteiger partial charge in [-0.15, -0.1) is 0 Å². The van der Waals surface area contributed by atoms with Gasteiger partial charge in [0.05, 0.1) is 0 Å². The minimum atomic E-state index is -0.704. The fourth-order valence-electron chi connectivity index (χ4n) is 3.19. The van der Waals surface area contributed by atoms with Gasteiger partial charge in [0.1, 0.15) is 24.8 Å². The molecule has 1 aliphatic rings. The molecule has 0 saturated carbocycles. The number of hydrogen-bond donors (Lipinski definition) is 1. The normalized spacial score (nSPS) is 19.9. The summed E-state index contributed by atoms with van der Waals surface area (Å²) in [4.78, 5) is 38.6. The predicted octanol–water partition coefficient (Wildman–Crippen LogP) is 2.88. The third kappa shape index (κ3) is 6.55. The predicted molar refractivity (Wildman–Crippen MR) is 104 cm³/mol. The Hall–Kier alpha value is -2.57. The zero-order chi connectivity index (χ0) is 20.7. The van der Waals surface area contributed by atoms with E-state index in [1.165, 1.54) is 4.90 Å². The highest BCUT2D eigenvalue weighted by atomic mass is 16.6. The zero-order valence-electron chi connectivity index (χ0n) is 17.1. The van der Waals surface area contributed by atoms with Gasteiger partial charge in [-0.05, 0) is 38.7 Å². The maximum atomic E-state index is 12.9. The lowest BCUT2D eigenvalue weighted by Gasteiger charge is -2.37. The van der Waals surface area contributed by atoms with Crippen LogP contribution in [0.4, 0.5) is 4.79 Å². The summed E-state index contributed by atoms with van der Waals surface area (Å²) in [6.45, 7) is 7.80. The van der Waals surface area contributed by atoms with Gasteiger partial charge in [0, 0.05) is 6.54 Å². The van der Waals surface area contributed by atoms with E-state index in [1.807, 2.05) is 37.3 Å². The molecule has 2 rings (SSSR count). The largest absolute Gasteiger partial charge is 0.459 e. The van der Waals surface area contributed by atoms with Gasteiger partial charge in [-0.25, -0.2) is 4.79 Å². The number of nitrogens with one attached hydrogen (secondary N) is 1. The molecule has 0 radical (unpaired) electrons. The monoisotopic (exact) mass is 390 g/mol. The Bertz CT molecular complexity index is 684. The maximum Gasteiger partial charge on any atom is 0.408 e. The third-order valence-electron chi connectivity index (χ3n) is 4.57. The highest BCUT2D eigenvalue weighted by Crippen LogP contribution is 2.22. The quantitative estimate of drug-likeness (QED) is 0.755. The summed E-state index contributed by atoms with van der Waals surface area (Å²) in [5.74, 6) is -0.728. The molecule has 154 valence electrons. The van der Waals surface area contributed by atoms with Gasteiger partial charge in [0.25, 0.3) is 0 Å². The highest BCUT2D eigenvalue weighted by Gasteiger charge is 2.38. The summed E-state index contributed by atoms with van der Waals surface area (Å²) in [5.41, 5.74) is 0.257. The molecule has 1 aromatic rings. The van der Waals surface area contributed by atoms with E-state index >= 15 is 0 Å². The second kappa shape index (κ2) is 9.57. The summed E-state index contributed by atoms with van der Waals surface area (Å²) < 4.78 is 10.5. The van der Waals surface area contributed by atoms with Crippen molar-refractivity contribution in [3.05, 3.63) is 35.9 Å². The Morgan fingerprint density at radius 3 is 2.50 bits per heavy atom. The van der Waals surface area contributed by atoms with Crippen LogP contribution in [-0.4, -0.2) is 47.6 Å². The van der Waals surface area contributed by atoms with Crippen molar-refractivity contribution in [2.24, 2.45) is 5.92 Å². The lowest BCUT2D eigenvalue weighted by Crippen LogP contribution is -2.57. The standard InChI is InChI=1S/C21H30N2O5/c1-5-16-11-12-23(13-17(24)28-21(2,3)4)19(25)18(16)22-20(26)27-14-15-9-7-6-8-10-15/h6-10,16,18H,5,11-14H2,1-4H3,(H,22,26)/t16-,18+/m1/s1. The van der Waals surface area contributed by atoms with Crippen LogP contribution in [0.1, 0.15) is 46.1 Å². The molecule has 2 atom stereocenters. The number of alkyl carbamates (subject to hydrolysis) is 1. The summed E-state index contributed by atoms with van der Waals surface area (Å²) in [6, 6.07) is 8.62. The van der Waals surface area contributed by atoms with Crippen molar-refractivity contribution >= 4 is 18.0 Å². The van der Waals surface area contributed by atoms with Gasteiger partial charge in [-0.1, -0.05) is 43.7 Å². The topological polar surface area (TPSA) is 84.9 Å². The number of likely N-dealkylation sites (tertiary alicyclic amines) is 1. The molecule has 0 aromatic heterocycles. The smallest absolute Gasteiger partial charge is 0.408 e. The van der Waals surface area contributed by atoms with Gasteiger partial charge in [-0.3, -0.25) is 9.59 Å². The molecule has 1 aliphatic heterocycles. The van der Waals surface area contributed by atoms with E-state index < -0.39 is 23.7 Å². The van der Waals surface area contributed by atoms with Gasteiger partial charge in [-0.2, -0.15) is 0 Å². The number of benzene rings is 1. The van der Waals surface area contributed by atoms with E-state index in [2.05, 4.69) is 5.32 Å². The van der Waals surface area contributed by atoms with E-state index in [1.54, 1.807) is 20.8 Å². The number of amides is 2. The zero-order valence-corrected chi connectivity index (χ0v) is 17.1. The molecule has 1 aromatic carbocycles. The molecule has 1 heterocycles. The SMILES string of the molecule is CC[C@@H]1CCN(CC(=O)OC(C)(C)C)C(=O)[C@H]1NC(=O)OCc1ccccc1. The van der Waals surface area contributed by atoms with E-state index in [-0.39, 0.29) is 25.0 Å². The highest BCUT2D eigenvalue weighted by molar-refractivity contribution is 5.89. The second-order valence-electron chi connectivity index (χ2n) is 7.99. The van der Waals surface area contributed by atoms with E-state index in [0.717, 1.165) is 12.0 Å². The van der Waals surface area contributed by atoms with E-state index in [9.17, 15) is 14.4 Å². The Morgan fingerprint density at radius 2 is 1.89 bits per heavy atom. The number of carbonyl (C=O) groups excluding carboxylic acids is 3. The number of ether oxygens (including phenoxy) is 2. The number of rotatable bonds is 6. The van der Waals surface area contributed by atoms with Gasteiger partial charge in [0.15, 0.2) is 0 Å². The molecular formula is C21H30N2O5. The summed E-state index contributed by atoms with van der Waals surface area (Å²) in [7, 11) is 0. The number of hydrogen-bond acceptors (Lipinski definition) is 5. The molecule has 2 amide bonds. The number of carbonyl (C=O) groups is 3. The molecule has 7 nitrogen and oxygen atoms in total. The minimum Gasteiger partial charge on any atom is -0.459 e. The van der Waals surface area contributed by atoms with Gasteiger partial charge >= 0.3 is 12.1 Å². The third-order valence-corrected chi connectivity index (χ3v) is 4.57. The van der Waals surface area contributed by atoms with Crippen LogP contribution in [0, 0.1) is 5.92 Å². The molecular weight excluding hydrogens is 360 g/mol. The number of esters is 1. The lowest BCUT2D eigenvalue weighted by molar-refractivity contribution is -0.160. The van der Waals surface area contributed by atoms with Crippen LogP contribution in [0.25, 0.3) is 0 Å². The van der Waals surface area contributed by atoms with Crippen LogP contribution in [0.15, 0.2) is 30.3 Å². The summed E-state index contributed by atoms with van der Waals surface area (Å²) in [5, 5.41) is 2.69. The summed E-state index contributed by atoms with van der Waals surface area (Å²) in [6.07, 6.45) is 0.810. The number of piperidine rings is 1. The van der Waals surface area contributed by atoms with Crippen molar-refractivity contribution in [1.29, 1.82) is 0 Å². The van der Waals surface area contributed by atoms with Crippen LogP contribution in [0.5, 0.6) is 0 Å². The van der Waals surface area contributed by atoms with Gasteiger partial charge in [0.2, 0.25) is 5.91 Å². The Balaban J connectivity index is 1.94. The van der Waals surface area contributed by atoms with E-state index in [0.29, 0.717) is 13.0 Å². The molecule has 7 heteroatoms. The van der Waals surface area contributed by atoms with Crippen molar-refractivity contribution in [3.8, 4) is 0 Å². The first kappa shape index (κ1) is 21.7. The summed E-state index contributed by atoms with van der Waals surface area (Å²) >= 11 is 0. The van der Waals surface area contributed by atoms with Crippen molar-refractivity contribution < 1.29 is 23.9 Å². The Kier molecular flexibility index (Phi) is 7.43. The molecule has 0 bridgehead atoms. The average molecular weight is 390 g/mol. The first-order valence-electron chi connectivity index (χ1n) is 9.67. The molecule has 1 fully saturated rings. The van der Waals surface area contributed by atoms with Crippen LogP contribution in [-0.2, 0) is 25.7 Å². The Labute approximate surface area is 166 Å². The molecule has 0 spiro atoms. The number of nitrogens with zero attached hydrogens (tertiary/aromatic N) is 1. The van der Waals surface area contributed by atoms with Gasteiger partial charge < -0.3 is 19.7 Å². The lowest BCUT2D eigenvalue weighted by atomic mass is 9.88. The van der Waals surface area contributed by atoms with E-state index in [4.69, 9.17) is 9.47 Å². The molecule has 0 unspecified atom stereocenters. The first-order valence-corrected chi connectivity index (χ1v) is 9.67. The molecule has 1 N–H and O–H groups in total. The fourth-order valence-corrected chi connectivity index (χ4v) is 3.19. The molecule has 0 aliphatic carbocycles. The van der Waals surface area contributed by atoms with Crippen LogP contribution in [0.2, 0.25) is 0 Å². The minimum absolute atomic E-state index is 0.00617. The van der Waals surface area contributed by atoms with Crippen molar-refractivity contribution in [2.75, 3.05) is 13.1 Å². The maximum absolute atomic E-state index is 12.9. The van der Waals surface area contributed by atoms with Crippen LogP contribution in [0.3, 0.4) is 0 Å². The second-order valence-corrected chi connectivity index (χ2v) is 7.99.